The van der Waals surface area contributed by atoms with Crippen LogP contribution in [0.5, 0.6) is 0 Å². The second-order valence-corrected chi connectivity index (χ2v) is 4.93. The minimum absolute atomic E-state index is 0.0677. The molecule has 1 saturated heterocycles. The van der Waals surface area contributed by atoms with E-state index in [1.165, 1.54) is 18.1 Å². The van der Waals surface area contributed by atoms with Crippen molar-refractivity contribution >= 4 is 23.6 Å². The molecule has 0 aliphatic carbocycles. The van der Waals surface area contributed by atoms with Gasteiger partial charge >= 0.3 is 0 Å². The molecule has 1 aliphatic rings. The molecule has 1 N–H and O–H groups in total. The van der Waals surface area contributed by atoms with Crippen LogP contribution < -0.4 is 0 Å². The van der Waals surface area contributed by atoms with Crippen molar-refractivity contribution in [2.75, 3.05) is 31.9 Å². The molecular weight excluding hydrogens is 254 g/mol. The van der Waals surface area contributed by atoms with Crippen LogP contribution in [-0.4, -0.2) is 68.7 Å². The van der Waals surface area contributed by atoms with Crippen molar-refractivity contribution in [2.24, 2.45) is 0 Å². The molecule has 1 fully saturated rings. The molecule has 0 spiro atoms. The summed E-state index contributed by atoms with van der Waals surface area (Å²) >= 11 is 1.34. The Morgan fingerprint density at radius 3 is 2.56 bits per heavy atom. The van der Waals surface area contributed by atoms with Gasteiger partial charge in [-0.2, -0.15) is 5.10 Å². The molecule has 98 valence electrons. The molecular formula is C10H15N5O2S. The SMILES string of the molecule is CC(=O)N1CCN(C(=O)CSc2ncn[nH]2)CC1. The van der Waals surface area contributed by atoms with E-state index in [0.29, 0.717) is 37.1 Å². The summed E-state index contributed by atoms with van der Waals surface area (Å²) in [4.78, 5) is 30.5. The number of nitrogens with zero attached hydrogens (tertiary/aromatic N) is 4. The monoisotopic (exact) mass is 269 g/mol. The number of hydrogen-bond acceptors (Lipinski definition) is 5. The van der Waals surface area contributed by atoms with Gasteiger partial charge in [0, 0.05) is 33.1 Å². The number of thioether (sulfide) groups is 1. The molecule has 7 nitrogen and oxygen atoms in total. The van der Waals surface area contributed by atoms with Gasteiger partial charge < -0.3 is 9.80 Å². The Morgan fingerprint density at radius 2 is 2.00 bits per heavy atom. The first-order chi connectivity index (χ1) is 8.66. The van der Waals surface area contributed by atoms with Crippen LogP contribution in [0, 0.1) is 0 Å². The van der Waals surface area contributed by atoms with Gasteiger partial charge in [-0.3, -0.25) is 14.7 Å². The molecule has 1 aromatic rings. The predicted molar refractivity (Wildman–Crippen MR) is 65.9 cm³/mol. The lowest BCUT2D eigenvalue weighted by atomic mass is 10.3. The molecule has 0 bridgehead atoms. The van der Waals surface area contributed by atoms with Crippen molar-refractivity contribution in [2.45, 2.75) is 12.1 Å². The maximum Gasteiger partial charge on any atom is 0.233 e. The fraction of sp³-hybridized carbons (Fsp3) is 0.600. The highest BCUT2D eigenvalue weighted by Gasteiger charge is 2.22. The van der Waals surface area contributed by atoms with Crippen LogP contribution >= 0.6 is 11.8 Å². The Kier molecular flexibility index (Phi) is 4.19. The summed E-state index contributed by atoms with van der Waals surface area (Å²) < 4.78 is 0. The van der Waals surface area contributed by atoms with Gasteiger partial charge in [0.25, 0.3) is 0 Å². The number of nitrogens with one attached hydrogen (secondary N) is 1. The molecule has 1 aliphatic heterocycles. The fourth-order valence-corrected chi connectivity index (χ4v) is 2.44. The van der Waals surface area contributed by atoms with Crippen LogP contribution in [0.2, 0.25) is 0 Å². The second kappa shape index (κ2) is 5.85. The molecule has 2 rings (SSSR count). The molecule has 8 heteroatoms. The van der Waals surface area contributed by atoms with Crippen molar-refractivity contribution in [3.8, 4) is 0 Å². The Bertz CT molecular complexity index is 414. The molecule has 0 aromatic carbocycles. The highest BCUT2D eigenvalue weighted by atomic mass is 32.2. The molecule has 0 saturated carbocycles. The number of carbonyl (C=O) groups excluding carboxylic acids is 2. The Hall–Kier alpha value is -1.57. The van der Waals surface area contributed by atoms with Gasteiger partial charge in [-0.05, 0) is 0 Å². The van der Waals surface area contributed by atoms with E-state index in [1.54, 1.807) is 16.7 Å². The molecule has 0 unspecified atom stereocenters. The largest absolute Gasteiger partial charge is 0.339 e. The summed E-state index contributed by atoms with van der Waals surface area (Å²) in [6.07, 6.45) is 1.42. The van der Waals surface area contributed by atoms with Gasteiger partial charge in [0.15, 0.2) is 5.16 Å². The first-order valence-electron chi connectivity index (χ1n) is 5.68. The number of aromatic amines is 1. The van der Waals surface area contributed by atoms with E-state index >= 15 is 0 Å². The summed E-state index contributed by atoms with van der Waals surface area (Å²) in [5.41, 5.74) is 0. The summed E-state index contributed by atoms with van der Waals surface area (Å²) in [5, 5.41) is 7.06. The van der Waals surface area contributed by atoms with Gasteiger partial charge in [0.05, 0.1) is 5.75 Å². The standard InChI is InChI=1S/C10H15N5O2S/c1-8(16)14-2-4-15(5-3-14)9(17)6-18-10-11-7-12-13-10/h7H,2-6H2,1H3,(H,11,12,13). The maximum absolute atomic E-state index is 11.9. The van der Waals surface area contributed by atoms with Crippen LogP contribution in [0.1, 0.15) is 6.92 Å². The number of carbonyl (C=O) groups is 2. The predicted octanol–water partition coefficient (Wildman–Crippen LogP) is -0.413. The topological polar surface area (TPSA) is 82.2 Å². The minimum atomic E-state index is 0.0677. The number of amides is 2. The smallest absolute Gasteiger partial charge is 0.233 e. The van der Waals surface area contributed by atoms with Crippen molar-refractivity contribution in [1.29, 1.82) is 0 Å². The molecule has 1 aromatic heterocycles. The van der Waals surface area contributed by atoms with Crippen molar-refractivity contribution in [1.82, 2.24) is 25.0 Å². The summed E-state index contributed by atoms with van der Waals surface area (Å²) in [6, 6.07) is 0. The second-order valence-electron chi connectivity index (χ2n) is 3.97. The summed E-state index contributed by atoms with van der Waals surface area (Å²) in [6.45, 7) is 4.00. The highest BCUT2D eigenvalue weighted by Crippen LogP contribution is 2.12. The summed E-state index contributed by atoms with van der Waals surface area (Å²) in [7, 11) is 0. The average Bonchev–Trinajstić information content (AvgIpc) is 2.89. The van der Waals surface area contributed by atoms with Gasteiger partial charge in [-0.1, -0.05) is 11.8 Å². The zero-order chi connectivity index (χ0) is 13.0. The fourth-order valence-electron chi connectivity index (χ4n) is 1.76. The van der Waals surface area contributed by atoms with E-state index in [2.05, 4.69) is 15.2 Å². The molecule has 0 atom stereocenters. The van der Waals surface area contributed by atoms with E-state index < -0.39 is 0 Å². The van der Waals surface area contributed by atoms with Crippen molar-refractivity contribution in [3.05, 3.63) is 6.33 Å². The molecule has 0 radical (unpaired) electrons. The van der Waals surface area contributed by atoms with Gasteiger partial charge in [-0.25, -0.2) is 4.98 Å². The van der Waals surface area contributed by atoms with Crippen molar-refractivity contribution < 1.29 is 9.59 Å². The van der Waals surface area contributed by atoms with E-state index in [9.17, 15) is 9.59 Å². The lowest BCUT2D eigenvalue weighted by Crippen LogP contribution is -2.50. The normalized spacial score (nSPS) is 15.8. The number of H-pyrrole nitrogens is 1. The lowest BCUT2D eigenvalue weighted by Gasteiger charge is -2.34. The number of piperazine rings is 1. The maximum atomic E-state index is 11.9. The third kappa shape index (κ3) is 3.22. The Labute approximate surface area is 109 Å². The highest BCUT2D eigenvalue weighted by molar-refractivity contribution is 7.99. The number of aromatic nitrogens is 3. The lowest BCUT2D eigenvalue weighted by molar-refractivity contribution is -0.136. The molecule has 18 heavy (non-hydrogen) atoms. The van der Waals surface area contributed by atoms with E-state index in [1.807, 2.05) is 0 Å². The van der Waals surface area contributed by atoms with E-state index in [-0.39, 0.29) is 11.8 Å². The Morgan fingerprint density at radius 1 is 1.33 bits per heavy atom. The Balaban J connectivity index is 1.75. The van der Waals surface area contributed by atoms with Gasteiger partial charge in [0.1, 0.15) is 6.33 Å². The minimum Gasteiger partial charge on any atom is -0.339 e. The molecule has 2 amide bonds. The van der Waals surface area contributed by atoms with Crippen LogP contribution in [0.4, 0.5) is 0 Å². The van der Waals surface area contributed by atoms with Gasteiger partial charge in [-0.15, -0.1) is 0 Å². The van der Waals surface area contributed by atoms with E-state index in [4.69, 9.17) is 0 Å². The van der Waals surface area contributed by atoms with Crippen LogP contribution in [0.3, 0.4) is 0 Å². The van der Waals surface area contributed by atoms with Crippen LogP contribution in [-0.2, 0) is 9.59 Å². The third-order valence-corrected chi connectivity index (χ3v) is 3.66. The van der Waals surface area contributed by atoms with Crippen LogP contribution in [0.15, 0.2) is 11.5 Å². The summed E-state index contributed by atoms with van der Waals surface area (Å²) in [5.74, 6) is 0.479. The number of rotatable bonds is 3. The van der Waals surface area contributed by atoms with Crippen LogP contribution in [0.25, 0.3) is 0 Å². The van der Waals surface area contributed by atoms with Crippen molar-refractivity contribution in [3.63, 3.8) is 0 Å². The van der Waals surface area contributed by atoms with E-state index in [0.717, 1.165) is 0 Å². The zero-order valence-corrected chi connectivity index (χ0v) is 10.9. The van der Waals surface area contributed by atoms with Gasteiger partial charge in [0.2, 0.25) is 11.8 Å². The first kappa shape index (κ1) is 12.9. The average molecular weight is 269 g/mol. The first-order valence-corrected chi connectivity index (χ1v) is 6.67. The zero-order valence-electron chi connectivity index (χ0n) is 10.1. The quantitative estimate of drug-likeness (QED) is 0.754. The number of hydrogen-bond donors (Lipinski definition) is 1. The third-order valence-electron chi connectivity index (χ3n) is 2.80. The molecule has 2 heterocycles.